The third kappa shape index (κ3) is 10.0. The molecule has 1 atom stereocenters. The van der Waals surface area contributed by atoms with E-state index in [1.807, 2.05) is 0 Å². The molecule has 0 spiro atoms. The van der Waals surface area contributed by atoms with E-state index in [1.165, 1.54) is 75.4 Å². The molecule has 1 unspecified atom stereocenters. The minimum absolute atomic E-state index is 0.0291. The maximum absolute atomic E-state index is 10.9. The second-order valence-corrected chi connectivity index (χ2v) is 15.2. The molecule has 0 aliphatic carbocycles. The van der Waals surface area contributed by atoms with Crippen molar-refractivity contribution < 1.29 is 5.11 Å². The second-order valence-electron chi connectivity index (χ2n) is 11.8. The lowest BCUT2D eigenvalue weighted by atomic mass is 9.78. The standard InChI is InChI=1S/C28H52OSi/c1-9-10-11-12-13-14-15-16-19-30(8)20-17-18-23-21-24(27(2,3)4)26(29)25(22-23)28(5,6)7/h21-22,29-30H,9-20H2,1-8H3. The first-order valence-corrected chi connectivity index (χ1v) is 15.6. The van der Waals surface area contributed by atoms with Gasteiger partial charge in [-0.3, -0.25) is 0 Å². The smallest absolute Gasteiger partial charge is 0.123 e. The van der Waals surface area contributed by atoms with Crippen LogP contribution in [0.2, 0.25) is 18.6 Å². The molecule has 2 heteroatoms. The van der Waals surface area contributed by atoms with Crippen molar-refractivity contribution in [2.45, 2.75) is 142 Å². The maximum Gasteiger partial charge on any atom is 0.123 e. The summed E-state index contributed by atoms with van der Waals surface area (Å²) in [5.41, 5.74) is 3.57. The van der Waals surface area contributed by atoms with Crippen molar-refractivity contribution in [3.05, 3.63) is 28.8 Å². The van der Waals surface area contributed by atoms with Gasteiger partial charge in [0.05, 0.1) is 0 Å². The summed E-state index contributed by atoms with van der Waals surface area (Å²) in [5, 5.41) is 10.9. The first-order valence-electron chi connectivity index (χ1n) is 12.8. The predicted octanol–water partition coefficient (Wildman–Crippen LogP) is 8.92. The van der Waals surface area contributed by atoms with Crippen LogP contribution in [-0.2, 0) is 17.3 Å². The molecular weight excluding hydrogens is 380 g/mol. The summed E-state index contributed by atoms with van der Waals surface area (Å²) in [4.78, 5) is 0. The van der Waals surface area contributed by atoms with Crippen LogP contribution in [0.25, 0.3) is 0 Å². The van der Waals surface area contributed by atoms with Gasteiger partial charge in [-0.15, -0.1) is 0 Å². The molecule has 0 fully saturated rings. The van der Waals surface area contributed by atoms with Gasteiger partial charge in [0, 0.05) is 8.80 Å². The van der Waals surface area contributed by atoms with E-state index in [0.29, 0.717) is 5.75 Å². The van der Waals surface area contributed by atoms with Crippen molar-refractivity contribution in [3.8, 4) is 5.75 Å². The zero-order valence-electron chi connectivity index (χ0n) is 21.7. The summed E-state index contributed by atoms with van der Waals surface area (Å²) >= 11 is 0. The number of rotatable bonds is 13. The minimum atomic E-state index is -0.564. The first-order chi connectivity index (χ1) is 14.0. The molecule has 0 aliphatic rings. The Morgan fingerprint density at radius 1 is 0.700 bits per heavy atom. The SMILES string of the molecule is CCCCCCCCCC[SiH](C)CCCc1cc(C(C)(C)C)c(O)c(C(C)(C)C)c1. The lowest BCUT2D eigenvalue weighted by Crippen LogP contribution is -2.18. The van der Waals surface area contributed by atoms with E-state index in [0.717, 1.165) is 17.5 Å². The number of phenolic OH excluding ortho intramolecular Hbond substituents is 1. The molecule has 1 N–H and O–H groups in total. The molecule has 0 heterocycles. The zero-order chi connectivity index (χ0) is 22.8. The van der Waals surface area contributed by atoms with Crippen molar-refractivity contribution >= 4 is 8.80 Å². The summed E-state index contributed by atoms with van der Waals surface area (Å²) in [5.74, 6) is 0.510. The van der Waals surface area contributed by atoms with Gasteiger partial charge >= 0.3 is 0 Å². The summed E-state index contributed by atoms with van der Waals surface area (Å²) in [6, 6.07) is 7.52. The Balaban J connectivity index is 2.49. The monoisotopic (exact) mass is 432 g/mol. The van der Waals surface area contributed by atoms with Crippen LogP contribution in [0.1, 0.15) is 123 Å². The molecule has 0 saturated heterocycles. The summed E-state index contributed by atoms with van der Waals surface area (Å²) in [7, 11) is -0.564. The van der Waals surface area contributed by atoms with Crippen LogP contribution in [0.15, 0.2) is 12.1 Å². The van der Waals surface area contributed by atoms with E-state index in [-0.39, 0.29) is 10.8 Å². The lowest BCUT2D eigenvalue weighted by Gasteiger charge is -2.28. The molecule has 1 nitrogen and oxygen atoms in total. The van der Waals surface area contributed by atoms with Crippen LogP contribution < -0.4 is 0 Å². The molecule has 0 aliphatic heterocycles. The fourth-order valence-electron chi connectivity index (χ4n) is 4.41. The fraction of sp³-hybridized carbons (Fsp3) is 0.786. The molecule has 174 valence electrons. The van der Waals surface area contributed by atoms with Gasteiger partial charge in [-0.2, -0.15) is 0 Å². The van der Waals surface area contributed by atoms with Gasteiger partial charge in [0.2, 0.25) is 0 Å². The zero-order valence-corrected chi connectivity index (χ0v) is 22.8. The average molecular weight is 433 g/mol. The number of hydrogen-bond donors (Lipinski definition) is 1. The van der Waals surface area contributed by atoms with Gasteiger partial charge in [-0.1, -0.05) is 137 Å². The molecule has 0 aromatic heterocycles. The third-order valence-corrected chi connectivity index (χ3v) is 9.29. The van der Waals surface area contributed by atoms with Gasteiger partial charge in [0.25, 0.3) is 0 Å². The average Bonchev–Trinajstić information content (AvgIpc) is 2.63. The highest BCUT2D eigenvalue weighted by molar-refractivity contribution is 6.57. The van der Waals surface area contributed by atoms with Crippen molar-refractivity contribution in [1.29, 1.82) is 0 Å². The van der Waals surface area contributed by atoms with Crippen molar-refractivity contribution in [2.75, 3.05) is 0 Å². The maximum atomic E-state index is 10.9. The second kappa shape index (κ2) is 12.9. The number of aromatic hydroxyl groups is 1. The minimum Gasteiger partial charge on any atom is -0.507 e. The summed E-state index contributed by atoms with van der Waals surface area (Å²) < 4.78 is 0. The number of unbranched alkanes of at least 4 members (excludes halogenated alkanes) is 7. The Morgan fingerprint density at radius 3 is 1.60 bits per heavy atom. The van der Waals surface area contributed by atoms with Gasteiger partial charge < -0.3 is 5.11 Å². The largest absolute Gasteiger partial charge is 0.507 e. The Kier molecular flexibility index (Phi) is 11.8. The molecule has 0 amide bonds. The topological polar surface area (TPSA) is 20.2 Å². The third-order valence-electron chi connectivity index (χ3n) is 6.50. The highest BCUT2D eigenvalue weighted by atomic mass is 28.3. The summed E-state index contributed by atoms with van der Waals surface area (Å²) in [6.45, 7) is 18.1. The molecular formula is C28H52OSi. The van der Waals surface area contributed by atoms with Crippen LogP contribution in [0, 0.1) is 0 Å². The van der Waals surface area contributed by atoms with Gasteiger partial charge in [0.1, 0.15) is 5.75 Å². The molecule has 30 heavy (non-hydrogen) atoms. The van der Waals surface area contributed by atoms with Crippen LogP contribution in [-0.4, -0.2) is 13.9 Å². The highest BCUT2D eigenvalue weighted by Crippen LogP contribution is 2.40. The lowest BCUT2D eigenvalue weighted by molar-refractivity contribution is 0.422. The molecule has 0 bridgehead atoms. The Bertz CT molecular complexity index is 571. The molecule has 1 rings (SSSR count). The van der Waals surface area contributed by atoms with Gasteiger partial charge in [-0.25, -0.2) is 0 Å². The van der Waals surface area contributed by atoms with Crippen molar-refractivity contribution in [1.82, 2.24) is 0 Å². The first kappa shape index (κ1) is 27.3. The van der Waals surface area contributed by atoms with Crippen LogP contribution in [0.3, 0.4) is 0 Å². The molecule has 0 radical (unpaired) electrons. The Labute approximate surface area is 190 Å². The Morgan fingerprint density at radius 2 is 1.13 bits per heavy atom. The van der Waals surface area contributed by atoms with Gasteiger partial charge in [0.15, 0.2) is 0 Å². The fourth-order valence-corrected chi connectivity index (χ4v) is 6.58. The van der Waals surface area contributed by atoms with Crippen molar-refractivity contribution in [2.24, 2.45) is 0 Å². The molecule has 1 aromatic rings. The van der Waals surface area contributed by atoms with E-state index >= 15 is 0 Å². The van der Waals surface area contributed by atoms with Crippen LogP contribution in [0.5, 0.6) is 5.75 Å². The number of phenols is 1. The number of aryl methyl sites for hydroxylation is 1. The van der Waals surface area contributed by atoms with Gasteiger partial charge in [-0.05, 0) is 33.9 Å². The van der Waals surface area contributed by atoms with E-state index in [9.17, 15) is 5.11 Å². The van der Waals surface area contributed by atoms with Crippen molar-refractivity contribution in [3.63, 3.8) is 0 Å². The Hall–Kier alpha value is -0.763. The van der Waals surface area contributed by atoms with Crippen LogP contribution in [0.4, 0.5) is 0 Å². The number of benzene rings is 1. The van der Waals surface area contributed by atoms with Crippen LogP contribution >= 0.6 is 0 Å². The van der Waals surface area contributed by atoms with E-state index < -0.39 is 8.80 Å². The predicted molar refractivity (Wildman–Crippen MR) is 139 cm³/mol. The molecule has 0 saturated carbocycles. The normalized spacial score (nSPS) is 13.6. The van der Waals surface area contributed by atoms with E-state index in [4.69, 9.17) is 0 Å². The van der Waals surface area contributed by atoms with E-state index in [2.05, 4.69) is 67.1 Å². The number of hydrogen-bond acceptors (Lipinski definition) is 1. The quantitative estimate of drug-likeness (QED) is 0.243. The van der Waals surface area contributed by atoms with E-state index in [1.54, 1.807) is 0 Å². The summed E-state index contributed by atoms with van der Waals surface area (Å²) in [6.07, 6.45) is 13.9. The molecule has 1 aromatic carbocycles. The highest BCUT2D eigenvalue weighted by Gasteiger charge is 2.26.